The van der Waals surface area contributed by atoms with E-state index in [2.05, 4.69) is 24.0 Å². The van der Waals surface area contributed by atoms with E-state index in [4.69, 9.17) is 10.5 Å². The van der Waals surface area contributed by atoms with E-state index in [1.54, 1.807) is 19.2 Å². The van der Waals surface area contributed by atoms with Gasteiger partial charge in [-0.05, 0) is 54.2 Å². The fourth-order valence-electron chi connectivity index (χ4n) is 3.59. The number of benzene rings is 2. The smallest absolute Gasteiger partial charge is 0.142 e. The molecule has 0 amide bonds. The van der Waals surface area contributed by atoms with Gasteiger partial charge in [0.1, 0.15) is 35.0 Å². The number of hydrogen-bond acceptors (Lipinski definition) is 6. The predicted octanol–water partition coefficient (Wildman–Crippen LogP) is 4.52. The van der Waals surface area contributed by atoms with Crippen LogP contribution in [0.15, 0.2) is 48.5 Å². The zero-order chi connectivity index (χ0) is 21.7. The molecule has 30 heavy (non-hydrogen) atoms. The Morgan fingerprint density at radius 3 is 2.37 bits per heavy atom. The van der Waals surface area contributed by atoms with E-state index in [1.807, 2.05) is 24.3 Å². The molecule has 2 aromatic carbocycles. The number of nitrogens with two attached hydrogens (primary N) is 1. The molecule has 0 saturated heterocycles. The molecule has 0 radical (unpaired) electrons. The van der Waals surface area contributed by atoms with Crippen LogP contribution in [0.5, 0.6) is 11.5 Å². The van der Waals surface area contributed by atoms with E-state index in [-0.39, 0.29) is 23.0 Å². The number of aromatic nitrogens is 1. The standard InChI is InChI=1S/C24H22N4O2/c1-3-15(16-7-9-19(30-2)10-8-16)12-22-20(13-25)23(21(14-26)24(27)28-22)17-5-4-6-18(29)11-17/h4-11,15,29H,3,12H2,1-2H3,(H2,27,28). The van der Waals surface area contributed by atoms with Gasteiger partial charge in [0.05, 0.1) is 18.4 Å². The molecular weight excluding hydrogens is 376 g/mol. The molecule has 1 heterocycles. The number of ether oxygens (including phenoxy) is 1. The number of nitrogen functional groups attached to an aromatic ring is 1. The summed E-state index contributed by atoms with van der Waals surface area (Å²) in [6, 6.07) is 18.5. The van der Waals surface area contributed by atoms with E-state index >= 15 is 0 Å². The summed E-state index contributed by atoms with van der Waals surface area (Å²) in [5, 5.41) is 29.5. The Bertz CT molecular complexity index is 1140. The van der Waals surface area contributed by atoms with E-state index in [9.17, 15) is 15.6 Å². The van der Waals surface area contributed by atoms with Gasteiger partial charge < -0.3 is 15.6 Å². The summed E-state index contributed by atoms with van der Waals surface area (Å²) in [7, 11) is 1.62. The molecule has 0 aliphatic rings. The number of pyridine rings is 1. The number of rotatable bonds is 6. The van der Waals surface area contributed by atoms with E-state index in [0.29, 0.717) is 28.8 Å². The lowest BCUT2D eigenvalue weighted by atomic mass is 9.87. The first-order chi connectivity index (χ1) is 14.5. The molecular formula is C24H22N4O2. The Morgan fingerprint density at radius 1 is 1.10 bits per heavy atom. The van der Waals surface area contributed by atoms with E-state index in [1.165, 1.54) is 12.1 Å². The molecule has 3 aromatic rings. The summed E-state index contributed by atoms with van der Waals surface area (Å²) >= 11 is 0. The Balaban J connectivity index is 2.13. The molecule has 0 bridgehead atoms. The average molecular weight is 398 g/mol. The van der Waals surface area contributed by atoms with Gasteiger partial charge in [-0.3, -0.25) is 0 Å². The van der Waals surface area contributed by atoms with Crippen molar-refractivity contribution < 1.29 is 9.84 Å². The minimum Gasteiger partial charge on any atom is -0.508 e. The first-order valence-corrected chi connectivity index (χ1v) is 9.58. The number of phenols is 1. The first-order valence-electron chi connectivity index (χ1n) is 9.58. The molecule has 0 fully saturated rings. The summed E-state index contributed by atoms with van der Waals surface area (Å²) < 4.78 is 5.23. The molecule has 0 saturated carbocycles. The van der Waals surface area contributed by atoms with Crippen LogP contribution < -0.4 is 10.5 Å². The highest BCUT2D eigenvalue weighted by Crippen LogP contribution is 2.35. The Labute approximate surface area is 175 Å². The van der Waals surface area contributed by atoms with Crippen LogP contribution in [-0.4, -0.2) is 17.2 Å². The van der Waals surface area contributed by atoms with Gasteiger partial charge in [-0.2, -0.15) is 10.5 Å². The van der Waals surface area contributed by atoms with Crippen molar-refractivity contribution in [2.24, 2.45) is 0 Å². The normalized spacial score (nSPS) is 11.3. The zero-order valence-corrected chi connectivity index (χ0v) is 16.9. The minimum absolute atomic E-state index is 0.0434. The fraction of sp³-hybridized carbons (Fsp3) is 0.208. The molecule has 3 rings (SSSR count). The summed E-state index contributed by atoms with van der Waals surface area (Å²) in [6.45, 7) is 2.07. The number of methoxy groups -OCH3 is 1. The SMILES string of the molecule is CCC(Cc1nc(N)c(C#N)c(-c2cccc(O)c2)c1C#N)c1ccc(OC)cc1. The molecule has 150 valence electrons. The van der Waals surface area contributed by atoms with E-state index in [0.717, 1.165) is 17.7 Å². The Kier molecular flexibility index (Phi) is 6.20. The lowest BCUT2D eigenvalue weighted by molar-refractivity contribution is 0.414. The van der Waals surface area contributed by atoms with Crippen molar-refractivity contribution in [3.05, 3.63) is 70.9 Å². The second-order valence-electron chi connectivity index (χ2n) is 6.93. The number of phenolic OH excluding ortho intramolecular Hbond substituents is 1. The van der Waals surface area contributed by atoms with Crippen molar-refractivity contribution in [2.75, 3.05) is 12.8 Å². The maximum Gasteiger partial charge on any atom is 0.142 e. The van der Waals surface area contributed by atoms with Crippen LogP contribution in [0, 0.1) is 22.7 Å². The fourth-order valence-corrected chi connectivity index (χ4v) is 3.59. The molecule has 6 nitrogen and oxygen atoms in total. The molecule has 1 atom stereocenters. The van der Waals surface area contributed by atoms with Gasteiger partial charge in [-0.25, -0.2) is 4.98 Å². The van der Waals surface area contributed by atoms with Crippen molar-refractivity contribution in [1.29, 1.82) is 10.5 Å². The van der Waals surface area contributed by atoms with Crippen molar-refractivity contribution in [3.63, 3.8) is 0 Å². The van der Waals surface area contributed by atoms with Crippen LogP contribution in [-0.2, 0) is 6.42 Å². The highest BCUT2D eigenvalue weighted by molar-refractivity contribution is 5.82. The zero-order valence-electron chi connectivity index (χ0n) is 16.9. The topological polar surface area (TPSA) is 116 Å². The number of hydrogen-bond donors (Lipinski definition) is 2. The predicted molar refractivity (Wildman–Crippen MR) is 115 cm³/mol. The molecule has 0 spiro atoms. The molecule has 3 N–H and O–H groups in total. The number of anilines is 1. The lowest BCUT2D eigenvalue weighted by Crippen LogP contribution is -2.10. The van der Waals surface area contributed by atoms with Gasteiger partial charge in [-0.15, -0.1) is 0 Å². The number of aromatic hydroxyl groups is 1. The minimum atomic E-state index is 0.0434. The van der Waals surface area contributed by atoms with Crippen molar-refractivity contribution >= 4 is 5.82 Å². The number of nitrogens with zero attached hydrogens (tertiary/aromatic N) is 3. The Hall–Kier alpha value is -4.03. The van der Waals surface area contributed by atoms with Gasteiger partial charge in [0.15, 0.2) is 0 Å². The summed E-state index contributed by atoms with van der Waals surface area (Å²) in [5.41, 5.74) is 9.14. The third-order valence-electron chi connectivity index (χ3n) is 5.18. The van der Waals surface area contributed by atoms with Crippen LogP contribution in [0.4, 0.5) is 5.82 Å². The van der Waals surface area contributed by atoms with Crippen molar-refractivity contribution in [3.8, 4) is 34.8 Å². The second kappa shape index (κ2) is 8.98. The van der Waals surface area contributed by atoms with Crippen LogP contribution >= 0.6 is 0 Å². The van der Waals surface area contributed by atoms with Gasteiger partial charge in [0.25, 0.3) is 0 Å². The monoisotopic (exact) mass is 398 g/mol. The first kappa shape index (κ1) is 20.7. The van der Waals surface area contributed by atoms with Crippen LogP contribution in [0.3, 0.4) is 0 Å². The number of nitriles is 2. The quantitative estimate of drug-likeness (QED) is 0.630. The van der Waals surface area contributed by atoms with Crippen molar-refractivity contribution in [2.45, 2.75) is 25.7 Å². The van der Waals surface area contributed by atoms with Gasteiger partial charge in [-0.1, -0.05) is 31.2 Å². The summed E-state index contributed by atoms with van der Waals surface area (Å²) in [5.74, 6) is 1.01. The van der Waals surface area contributed by atoms with Crippen LogP contribution in [0.2, 0.25) is 0 Å². The van der Waals surface area contributed by atoms with Crippen LogP contribution in [0.25, 0.3) is 11.1 Å². The molecule has 0 aliphatic heterocycles. The summed E-state index contributed by atoms with van der Waals surface area (Å²) in [6.07, 6.45) is 1.33. The molecule has 1 unspecified atom stereocenters. The lowest BCUT2D eigenvalue weighted by Gasteiger charge is -2.19. The van der Waals surface area contributed by atoms with Crippen molar-refractivity contribution in [1.82, 2.24) is 4.98 Å². The van der Waals surface area contributed by atoms with Gasteiger partial charge >= 0.3 is 0 Å². The molecule has 1 aromatic heterocycles. The molecule has 0 aliphatic carbocycles. The van der Waals surface area contributed by atoms with Gasteiger partial charge in [0.2, 0.25) is 0 Å². The highest BCUT2D eigenvalue weighted by atomic mass is 16.5. The van der Waals surface area contributed by atoms with E-state index < -0.39 is 0 Å². The third-order valence-corrected chi connectivity index (χ3v) is 5.18. The van der Waals surface area contributed by atoms with Crippen LogP contribution in [0.1, 0.15) is 41.6 Å². The largest absolute Gasteiger partial charge is 0.508 e. The molecule has 6 heteroatoms. The average Bonchev–Trinajstić information content (AvgIpc) is 2.77. The van der Waals surface area contributed by atoms with Gasteiger partial charge in [0, 0.05) is 5.56 Å². The summed E-state index contributed by atoms with van der Waals surface area (Å²) in [4.78, 5) is 4.42. The second-order valence-corrected chi connectivity index (χ2v) is 6.93. The third kappa shape index (κ3) is 4.04. The highest BCUT2D eigenvalue weighted by Gasteiger charge is 2.22. The maximum atomic E-state index is 9.95. The maximum absolute atomic E-state index is 9.95. The Morgan fingerprint density at radius 2 is 1.80 bits per heavy atom.